The molecular weight excluding hydrogens is 362 g/mol. The molecule has 0 saturated heterocycles. The molecule has 0 unspecified atom stereocenters. The second-order valence-electron chi connectivity index (χ2n) is 4.19. The third kappa shape index (κ3) is 3.56. The molecule has 0 saturated carbocycles. The SMILES string of the molecule is Cc1cc(NC(=O)c2ccc(Cl)cc2[N+](=O)[O-])ncc1Br. The van der Waals surface area contributed by atoms with Gasteiger partial charge in [-0.25, -0.2) is 4.98 Å². The third-order valence-corrected chi connectivity index (χ3v) is 3.75. The van der Waals surface area contributed by atoms with E-state index < -0.39 is 10.8 Å². The number of aromatic nitrogens is 1. The Labute approximate surface area is 133 Å². The second-order valence-corrected chi connectivity index (χ2v) is 5.48. The van der Waals surface area contributed by atoms with Crippen LogP contribution in [0.5, 0.6) is 0 Å². The van der Waals surface area contributed by atoms with Crippen LogP contribution in [0.2, 0.25) is 5.02 Å². The number of benzene rings is 1. The first-order chi connectivity index (χ1) is 9.88. The molecule has 0 radical (unpaired) electrons. The van der Waals surface area contributed by atoms with Gasteiger partial charge in [-0.1, -0.05) is 11.6 Å². The summed E-state index contributed by atoms with van der Waals surface area (Å²) in [5, 5.41) is 13.7. The van der Waals surface area contributed by atoms with Crippen LogP contribution in [-0.2, 0) is 0 Å². The number of hydrogen-bond donors (Lipinski definition) is 1. The van der Waals surface area contributed by atoms with Crippen LogP contribution in [0.4, 0.5) is 11.5 Å². The van der Waals surface area contributed by atoms with Gasteiger partial charge in [0.15, 0.2) is 0 Å². The Balaban J connectivity index is 2.32. The summed E-state index contributed by atoms with van der Waals surface area (Å²) in [4.78, 5) is 26.5. The Morgan fingerprint density at radius 3 is 2.76 bits per heavy atom. The number of nitro groups is 1. The van der Waals surface area contributed by atoms with E-state index in [0.717, 1.165) is 16.1 Å². The predicted molar refractivity (Wildman–Crippen MR) is 82.7 cm³/mol. The number of amides is 1. The average Bonchev–Trinajstić information content (AvgIpc) is 2.42. The molecule has 1 heterocycles. The van der Waals surface area contributed by atoms with Gasteiger partial charge in [0.05, 0.1) is 4.92 Å². The highest BCUT2D eigenvalue weighted by Crippen LogP contribution is 2.24. The maximum Gasteiger partial charge on any atom is 0.283 e. The molecule has 1 aromatic carbocycles. The number of nitro benzene ring substituents is 1. The molecule has 0 fully saturated rings. The van der Waals surface area contributed by atoms with E-state index in [9.17, 15) is 14.9 Å². The molecular formula is C13H9BrClN3O3. The van der Waals surface area contributed by atoms with Crippen LogP contribution in [0.15, 0.2) is 34.9 Å². The summed E-state index contributed by atoms with van der Waals surface area (Å²) >= 11 is 9.01. The summed E-state index contributed by atoms with van der Waals surface area (Å²) in [5.41, 5.74) is 0.450. The van der Waals surface area contributed by atoms with Gasteiger partial charge >= 0.3 is 0 Å². The Morgan fingerprint density at radius 2 is 2.14 bits per heavy atom. The average molecular weight is 371 g/mol. The van der Waals surface area contributed by atoms with E-state index in [-0.39, 0.29) is 16.3 Å². The summed E-state index contributed by atoms with van der Waals surface area (Å²) < 4.78 is 0.804. The van der Waals surface area contributed by atoms with E-state index in [1.54, 1.807) is 12.3 Å². The zero-order valence-electron chi connectivity index (χ0n) is 10.8. The number of carbonyl (C=O) groups excluding carboxylic acids is 1. The van der Waals surface area contributed by atoms with Crippen LogP contribution in [0.3, 0.4) is 0 Å². The van der Waals surface area contributed by atoms with Crippen molar-refractivity contribution in [2.45, 2.75) is 6.92 Å². The number of carbonyl (C=O) groups is 1. The molecule has 1 N–H and O–H groups in total. The molecule has 108 valence electrons. The molecule has 0 aliphatic carbocycles. The van der Waals surface area contributed by atoms with Crippen LogP contribution < -0.4 is 5.32 Å². The fourth-order valence-electron chi connectivity index (χ4n) is 1.64. The molecule has 0 bridgehead atoms. The normalized spacial score (nSPS) is 10.2. The molecule has 2 aromatic rings. The number of nitrogens with one attached hydrogen (secondary N) is 1. The second kappa shape index (κ2) is 6.19. The molecule has 8 heteroatoms. The van der Waals surface area contributed by atoms with Crippen LogP contribution in [-0.4, -0.2) is 15.8 Å². The first-order valence-corrected chi connectivity index (χ1v) is 6.93. The fourth-order valence-corrected chi connectivity index (χ4v) is 2.02. The Bertz CT molecular complexity index is 737. The fraction of sp³-hybridized carbons (Fsp3) is 0.0769. The van der Waals surface area contributed by atoms with Gasteiger partial charge < -0.3 is 5.32 Å². The van der Waals surface area contributed by atoms with Crippen molar-refractivity contribution < 1.29 is 9.72 Å². The predicted octanol–water partition coefficient (Wildman–Crippen LogP) is 3.97. The van der Waals surface area contributed by atoms with E-state index >= 15 is 0 Å². The number of anilines is 1. The lowest BCUT2D eigenvalue weighted by molar-refractivity contribution is -0.385. The molecule has 21 heavy (non-hydrogen) atoms. The van der Waals surface area contributed by atoms with Gasteiger partial charge in [0, 0.05) is 21.8 Å². The maximum absolute atomic E-state index is 12.1. The molecule has 1 amide bonds. The van der Waals surface area contributed by atoms with Gasteiger partial charge in [0.1, 0.15) is 11.4 Å². The summed E-state index contributed by atoms with van der Waals surface area (Å²) in [6, 6.07) is 5.52. The van der Waals surface area contributed by atoms with E-state index in [0.29, 0.717) is 5.82 Å². The summed E-state index contributed by atoms with van der Waals surface area (Å²) in [6.45, 7) is 1.84. The standard InChI is InChI=1S/C13H9BrClN3O3/c1-7-4-12(16-6-10(7)14)17-13(19)9-3-2-8(15)5-11(9)18(20)21/h2-6H,1H3,(H,16,17,19). The highest BCUT2D eigenvalue weighted by atomic mass is 79.9. The van der Waals surface area contributed by atoms with Gasteiger partial charge in [0.25, 0.3) is 11.6 Å². The van der Waals surface area contributed by atoms with E-state index in [1.165, 1.54) is 12.1 Å². The Morgan fingerprint density at radius 1 is 1.43 bits per heavy atom. The van der Waals surface area contributed by atoms with Gasteiger partial charge in [-0.2, -0.15) is 0 Å². The van der Waals surface area contributed by atoms with E-state index in [1.807, 2.05) is 6.92 Å². The van der Waals surface area contributed by atoms with Gasteiger partial charge in [0.2, 0.25) is 0 Å². The summed E-state index contributed by atoms with van der Waals surface area (Å²) in [7, 11) is 0. The first kappa shape index (κ1) is 15.4. The smallest absolute Gasteiger partial charge is 0.283 e. The molecule has 6 nitrogen and oxygen atoms in total. The highest BCUT2D eigenvalue weighted by Gasteiger charge is 2.21. The van der Waals surface area contributed by atoms with Crippen molar-refractivity contribution in [2.24, 2.45) is 0 Å². The van der Waals surface area contributed by atoms with Crippen molar-refractivity contribution >= 4 is 44.9 Å². The lowest BCUT2D eigenvalue weighted by Gasteiger charge is -2.07. The molecule has 2 rings (SSSR count). The summed E-state index contributed by atoms with van der Waals surface area (Å²) in [5.74, 6) is -0.308. The van der Waals surface area contributed by atoms with Crippen molar-refractivity contribution in [3.05, 3.63) is 61.2 Å². The van der Waals surface area contributed by atoms with Gasteiger partial charge in [-0.3, -0.25) is 14.9 Å². The quantitative estimate of drug-likeness (QED) is 0.654. The minimum atomic E-state index is -0.652. The third-order valence-electron chi connectivity index (χ3n) is 2.69. The molecule has 0 aliphatic heterocycles. The lowest BCUT2D eigenvalue weighted by atomic mass is 10.1. The van der Waals surface area contributed by atoms with Crippen molar-refractivity contribution in [2.75, 3.05) is 5.32 Å². The zero-order valence-corrected chi connectivity index (χ0v) is 13.1. The minimum absolute atomic E-state index is 0.0771. The first-order valence-electron chi connectivity index (χ1n) is 5.76. The monoisotopic (exact) mass is 369 g/mol. The zero-order chi connectivity index (χ0) is 15.6. The minimum Gasteiger partial charge on any atom is -0.306 e. The van der Waals surface area contributed by atoms with E-state index in [4.69, 9.17) is 11.6 Å². The number of halogens is 2. The molecule has 0 aliphatic rings. The molecule has 0 atom stereocenters. The number of rotatable bonds is 3. The summed E-state index contributed by atoms with van der Waals surface area (Å²) in [6.07, 6.45) is 1.54. The van der Waals surface area contributed by atoms with Crippen molar-refractivity contribution in [1.29, 1.82) is 0 Å². The van der Waals surface area contributed by atoms with Crippen molar-refractivity contribution in [3.8, 4) is 0 Å². The van der Waals surface area contributed by atoms with Crippen LogP contribution >= 0.6 is 27.5 Å². The number of aryl methyl sites for hydroxylation is 1. The lowest BCUT2D eigenvalue weighted by Crippen LogP contribution is -2.15. The Hall–Kier alpha value is -1.99. The largest absolute Gasteiger partial charge is 0.306 e. The van der Waals surface area contributed by atoms with Crippen LogP contribution in [0.1, 0.15) is 15.9 Å². The van der Waals surface area contributed by atoms with E-state index in [2.05, 4.69) is 26.2 Å². The number of hydrogen-bond acceptors (Lipinski definition) is 4. The molecule has 1 aromatic heterocycles. The van der Waals surface area contributed by atoms with Crippen LogP contribution in [0, 0.1) is 17.0 Å². The van der Waals surface area contributed by atoms with Crippen molar-refractivity contribution in [1.82, 2.24) is 4.98 Å². The topological polar surface area (TPSA) is 85.1 Å². The van der Waals surface area contributed by atoms with Gasteiger partial charge in [-0.15, -0.1) is 0 Å². The number of pyridine rings is 1. The molecule has 0 spiro atoms. The van der Waals surface area contributed by atoms with Crippen molar-refractivity contribution in [3.63, 3.8) is 0 Å². The number of nitrogens with zero attached hydrogens (tertiary/aromatic N) is 2. The Kier molecular flexibility index (Phi) is 4.54. The highest BCUT2D eigenvalue weighted by molar-refractivity contribution is 9.10. The van der Waals surface area contributed by atoms with Gasteiger partial charge in [-0.05, 0) is 46.6 Å². The maximum atomic E-state index is 12.1. The van der Waals surface area contributed by atoms with Crippen LogP contribution in [0.25, 0.3) is 0 Å².